The summed E-state index contributed by atoms with van der Waals surface area (Å²) in [5, 5.41) is 5.93. The molecule has 1 aliphatic heterocycles. The zero-order valence-corrected chi connectivity index (χ0v) is 20.4. The number of thiazole rings is 1. The van der Waals surface area contributed by atoms with Crippen LogP contribution in [0.15, 0.2) is 91.0 Å². The smallest absolute Gasteiger partial charge is 0.319 e. The lowest BCUT2D eigenvalue weighted by atomic mass is 9.92. The first-order chi connectivity index (χ1) is 17.4. The number of carbonyl (C=O) groups is 3. The van der Waals surface area contributed by atoms with Crippen molar-refractivity contribution in [1.29, 1.82) is 0 Å². The Bertz CT molecular complexity index is 1410. The van der Waals surface area contributed by atoms with Gasteiger partial charge in [-0.1, -0.05) is 102 Å². The molecule has 4 amide bonds. The van der Waals surface area contributed by atoms with Gasteiger partial charge in [-0.3, -0.25) is 14.5 Å². The monoisotopic (exact) mass is 496 g/mol. The molecule has 3 aromatic carbocycles. The number of amides is 4. The maximum atomic E-state index is 13.1. The van der Waals surface area contributed by atoms with Crippen molar-refractivity contribution in [3.8, 4) is 10.4 Å². The molecule has 4 aromatic rings. The van der Waals surface area contributed by atoms with Gasteiger partial charge >= 0.3 is 6.03 Å². The van der Waals surface area contributed by atoms with Crippen LogP contribution < -0.4 is 10.6 Å². The standard InChI is InChI=1S/C28H24N4O3S/c1-28(21-15-9-4-10-16-21)25(34)32(27(35)31-28)18-23(33)30-26-29-22(17-19-11-5-2-6-12-19)24(36-26)20-13-7-3-8-14-20/h2-16H,17-18H2,1H3,(H,31,35)(H,29,30,33). The highest BCUT2D eigenvalue weighted by atomic mass is 32.1. The van der Waals surface area contributed by atoms with Crippen molar-refractivity contribution in [2.75, 3.05) is 11.9 Å². The SMILES string of the molecule is CC1(c2ccccc2)NC(=O)N(CC(=O)Nc2nc(Cc3ccccc3)c(-c3ccccc3)s2)C1=O. The number of aromatic nitrogens is 1. The van der Waals surface area contributed by atoms with E-state index in [2.05, 4.69) is 10.6 Å². The normalized spacial score (nSPS) is 17.2. The van der Waals surface area contributed by atoms with Crippen LogP contribution in [0.2, 0.25) is 0 Å². The predicted molar refractivity (Wildman–Crippen MR) is 139 cm³/mol. The summed E-state index contributed by atoms with van der Waals surface area (Å²) in [7, 11) is 0. The van der Waals surface area contributed by atoms with Crippen molar-refractivity contribution in [2.45, 2.75) is 18.9 Å². The Kier molecular flexibility index (Phi) is 6.35. The van der Waals surface area contributed by atoms with Gasteiger partial charge in [-0.05, 0) is 23.6 Å². The van der Waals surface area contributed by atoms with Crippen LogP contribution in [-0.4, -0.2) is 34.3 Å². The van der Waals surface area contributed by atoms with Crippen molar-refractivity contribution >= 4 is 34.3 Å². The van der Waals surface area contributed by atoms with Gasteiger partial charge in [0.25, 0.3) is 5.91 Å². The number of nitrogens with one attached hydrogen (secondary N) is 2. The zero-order chi connectivity index (χ0) is 25.1. The fourth-order valence-electron chi connectivity index (χ4n) is 4.24. The number of hydrogen-bond acceptors (Lipinski definition) is 5. The highest BCUT2D eigenvalue weighted by Gasteiger charge is 2.49. The molecule has 5 rings (SSSR count). The van der Waals surface area contributed by atoms with E-state index in [1.54, 1.807) is 31.2 Å². The average molecular weight is 497 g/mol. The van der Waals surface area contributed by atoms with Gasteiger partial charge in [0, 0.05) is 6.42 Å². The predicted octanol–water partition coefficient (Wildman–Crippen LogP) is 4.81. The van der Waals surface area contributed by atoms with Gasteiger partial charge in [-0.25, -0.2) is 9.78 Å². The molecule has 1 atom stereocenters. The second-order valence-corrected chi connectivity index (χ2v) is 9.68. The van der Waals surface area contributed by atoms with Crippen molar-refractivity contribution in [3.05, 3.63) is 108 Å². The van der Waals surface area contributed by atoms with Crippen molar-refractivity contribution in [3.63, 3.8) is 0 Å². The third kappa shape index (κ3) is 4.63. The van der Waals surface area contributed by atoms with E-state index in [9.17, 15) is 14.4 Å². The van der Waals surface area contributed by atoms with Gasteiger partial charge in [0.15, 0.2) is 5.13 Å². The van der Waals surface area contributed by atoms with Crippen molar-refractivity contribution in [2.24, 2.45) is 0 Å². The minimum Gasteiger partial charge on any atom is -0.319 e. The van der Waals surface area contributed by atoms with E-state index in [0.29, 0.717) is 17.1 Å². The molecule has 0 spiro atoms. The van der Waals surface area contributed by atoms with Gasteiger partial charge in [-0.15, -0.1) is 0 Å². The third-order valence-electron chi connectivity index (χ3n) is 6.12. The van der Waals surface area contributed by atoms with Gasteiger partial charge in [0.1, 0.15) is 12.1 Å². The molecule has 2 N–H and O–H groups in total. The molecular formula is C28H24N4O3S. The van der Waals surface area contributed by atoms with Gasteiger partial charge in [0.2, 0.25) is 5.91 Å². The molecule has 7 nitrogen and oxygen atoms in total. The molecule has 0 bridgehead atoms. The molecule has 1 fully saturated rings. The van der Waals surface area contributed by atoms with Crippen molar-refractivity contribution < 1.29 is 14.4 Å². The Morgan fingerprint density at radius 3 is 2.22 bits per heavy atom. The lowest BCUT2D eigenvalue weighted by Crippen LogP contribution is -2.42. The fraction of sp³-hybridized carbons (Fsp3) is 0.143. The Hall–Kier alpha value is -4.30. The summed E-state index contributed by atoms with van der Waals surface area (Å²) in [5.41, 5.74) is 2.40. The molecule has 0 radical (unpaired) electrons. The Morgan fingerprint density at radius 2 is 1.56 bits per heavy atom. The number of carbonyl (C=O) groups excluding carboxylic acids is 3. The first-order valence-corrected chi connectivity index (χ1v) is 12.3. The lowest BCUT2D eigenvalue weighted by molar-refractivity contribution is -0.133. The Labute approximate surface area is 212 Å². The molecule has 180 valence electrons. The summed E-state index contributed by atoms with van der Waals surface area (Å²) in [5.74, 6) is -0.960. The maximum Gasteiger partial charge on any atom is 0.325 e. The molecule has 0 aliphatic carbocycles. The van der Waals surface area contributed by atoms with Crippen LogP contribution in [0.25, 0.3) is 10.4 Å². The summed E-state index contributed by atoms with van der Waals surface area (Å²) in [6.45, 7) is 1.24. The summed E-state index contributed by atoms with van der Waals surface area (Å²) >= 11 is 1.37. The summed E-state index contributed by atoms with van der Waals surface area (Å²) in [4.78, 5) is 45.2. The minimum atomic E-state index is -1.22. The van der Waals surface area contributed by atoms with E-state index in [0.717, 1.165) is 26.6 Å². The van der Waals surface area contributed by atoms with E-state index in [-0.39, 0.29) is 0 Å². The number of rotatable bonds is 7. The van der Waals surface area contributed by atoms with E-state index >= 15 is 0 Å². The number of imide groups is 1. The van der Waals surface area contributed by atoms with Crippen LogP contribution in [-0.2, 0) is 21.5 Å². The van der Waals surface area contributed by atoms with Crippen LogP contribution >= 0.6 is 11.3 Å². The molecule has 2 heterocycles. The Balaban J connectivity index is 1.35. The second-order valence-electron chi connectivity index (χ2n) is 8.68. The highest BCUT2D eigenvalue weighted by molar-refractivity contribution is 7.19. The van der Waals surface area contributed by atoms with E-state index in [1.165, 1.54) is 11.3 Å². The molecule has 1 aliphatic rings. The molecule has 1 saturated heterocycles. The molecule has 0 saturated carbocycles. The van der Waals surface area contributed by atoms with E-state index < -0.39 is 29.9 Å². The lowest BCUT2D eigenvalue weighted by Gasteiger charge is -2.21. The summed E-state index contributed by atoms with van der Waals surface area (Å²) in [6.07, 6.45) is 0.611. The zero-order valence-electron chi connectivity index (χ0n) is 19.6. The minimum absolute atomic E-state index is 0.401. The van der Waals surface area contributed by atoms with E-state index in [4.69, 9.17) is 4.98 Å². The second kappa shape index (κ2) is 9.75. The van der Waals surface area contributed by atoms with Gasteiger partial charge in [0.05, 0.1) is 10.6 Å². The van der Waals surface area contributed by atoms with Crippen molar-refractivity contribution in [1.82, 2.24) is 15.2 Å². The highest BCUT2D eigenvalue weighted by Crippen LogP contribution is 2.34. The topological polar surface area (TPSA) is 91.4 Å². The number of benzene rings is 3. The number of hydrogen-bond donors (Lipinski definition) is 2. The third-order valence-corrected chi connectivity index (χ3v) is 7.18. The maximum absolute atomic E-state index is 13.1. The molecule has 8 heteroatoms. The van der Waals surface area contributed by atoms with Crippen LogP contribution in [0.3, 0.4) is 0 Å². The van der Waals surface area contributed by atoms with Crippen LogP contribution in [0.1, 0.15) is 23.7 Å². The van der Waals surface area contributed by atoms with Crippen LogP contribution in [0.4, 0.5) is 9.93 Å². The average Bonchev–Trinajstić information content (AvgIpc) is 3.39. The number of urea groups is 1. The number of nitrogens with zero attached hydrogens (tertiary/aromatic N) is 2. The Morgan fingerprint density at radius 1 is 0.944 bits per heavy atom. The van der Waals surface area contributed by atoms with Crippen LogP contribution in [0, 0.1) is 0 Å². The van der Waals surface area contributed by atoms with E-state index in [1.807, 2.05) is 66.7 Å². The molecule has 1 unspecified atom stereocenters. The van der Waals surface area contributed by atoms with Gasteiger partial charge in [-0.2, -0.15) is 0 Å². The van der Waals surface area contributed by atoms with Gasteiger partial charge < -0.3 is 10.6 Å². The first-order valence-electron chi connectivity index (χ1n) is 11.5. The summed E-state index contributed by atoms with van der Waals surface area (Å²) in [6, 6.07) is 28.3. The quantitative estimate of drug-likeness (QED) is 0.359. The molecule has 36 heavy (non-hydrogen) atoms. The summed E-state index contributed by atoms with van der Waals surface area (Å²) < 4.78 is 0. The first kappa shape index (κ1) is 23.4. The molecular weight excluding hydrogens is 472 g/mol. The largest absolute Gasteiger partial charge is 0.325 e. The molecule has 1 aromatic heterocycles. The number of anilines is 1. The van der Waals surface area contributed by atoms with Crippen LogP contribution in [0.5, 0.6) is 0 Å². The fourth-order valence-corrected chi connectivity index (χ4v) is 5.24.